The third-order valence-corrected chi connectivity index (χ3v) is 2.98. The van der Waals surface area contributed by atoms with Crippen LogP contribution in [0.25, 0.3) is 0 Å². The monoisotopic (exact) mass is 225 g/mol. The van der Waals surface area contributed by atoms with Gasteiger partial charge in [-0.15, -0.1) is 0 Å². The van der Waals surface area contributed by atoms with Crippen molar-refractivity contribution in [1.29, 1.82) is 0 Å². The van der Waals surface area contributed by atoms with Crippen LogP contribution < -0.4 is 0 Å². The first-order valence-electron chi connectivity index (χ1n) is 5.96. The van der Waals surface area contributed by atoms with Crippen molar-refractivity contribution in [3.63, 3.8) is 0 Å². The second kappa shape index (κ2) is 4.93. The summed E-state index contributed by atoms with van der Waals surface area (Å²) in [7, 11) is 0. The van der Waals surface area contributed by atoms with Gasteiger partial charge in [-0.25, -0.2) is 9.67 Å². The summed E-state index contributed by atoms with van der Waals surface area (Å²) in [6.07, 6.45) is 1.96. The number of nitrogens with zero attached hydrogens (tertiary/aromatic N) is 3. The largest absolute Gasteiger partial charge is 0.391 e. The van der Waals surface area contributed by atoms with Crippen LogP contribution in [0.5, 0.6) is 0 Å². The molecule has 0 radical (unpaired) electrons. The van der Waals surface area contributed by atoms with Gasteiger partial charge in [0.2, 0.25) is 0 Å². The van der Waals surface area contributed by atoms with Crippen molar-refractivity contribution in [2.45, 2.75) is 45.3 Å². The Morgan fingerprint density at radius 1 is 1.44 bits per heavy atom. The van der Waals surface area contributed by atoms with Crippen LogP contribution in [-0.4, -0.2) is 39.2 Å². The smallest absolute Gasteiger partial charge is 0.150 e. The summed E-state index contributed by atoms with van der Waals surface area (Å²) in [5.74, 6) is 1.78. The van der Waals surface area contributed by atoms with Gasteiger partial charge in [-0.2, -0.15) is 5.10 Å². The van der Waals surface area contributed by atoms with Gasteiger partial charge in [-0.1, -0.05) is 13.8 Å². The van der Waals surface area contributed by atoms with E-state index < -0.39 is 0 Å². The van der Waals surface area contributed by atoms with Gasteiger partial charge in [0.1, 0.15) is 11.9 Å². The minimum Gasteiger partial charge on any atom is -0.391 e. The number of aliphatic hydroxyl groups excluding tert-OH is 1. The third-order valence-electron chi connectivity index (χ3n) is 2.98. The van der Waals surface area contributed by atoms with E-state index in [1.54, 1.807) is 0 Å². The molecule has 5 heteroatoms. The predicted octanol–water partition coefficient (Wildman–Crippen LogP) is 0.725. The first-order chi connectivity index (χ1) is 7.76. The van der Waals surface area contributed by atoms with Crippen molar-refractivity contribution < 1.29 is 9.84 Å². The van der Waals surface area contributed by atoms with Gasteiger partial charge in [-0.3, -0.25) is 0 Å². The first kappa shape index (κ1) is 11.5. The molecule has 2 unspecified atom stereocenters. The molecule has 2 heterocycles. The highest BCUT2D eigenvalue weighted by atomic mass is 16.5. The van der Waals surface area contributed by atoms with Gasteiger partial charge in [0.05, 0.1) is 12.7 Å². The van der Waals surface area contributed by atoms with Crippen molar-refractivity contribution in [2.24, 2.45) is 0 Å². The topological polar surface area (TPSA) is 60.2 Å². The van der Waals surface area contributed by atoms with Crippen LogP contribution in [0.3, 0.4) is 0 Å². The fraction of sp³-hybridized carbons (Fsp3) is 0.818. The van der Waals surface area contributed by atoms with Crippen molar-refractivity contribution >= 4 is 0 Å². The average molecular weight is 225 g/mol. The maximum absolute atomic E-state index is 9.96. The molecule has 1 aromatic heterocycles. The molecule has 0 spiro atoms. The molecule has 0 aromatic carbocycles. The Balaban J connectivity index is 2.26. The molecule has 2 rings (SSSR count). The number of aliphatic hydroxyl groups is 1. The summed E-state index contributed by atoms with van der Waals surface area (Å²) >= 11 is 0. The Morgan fingerprint density at radius 2 is 2.25 bits per heavy atom. The Kier molecular flexibility index (Phi) is 3.56. The Bertz CT molecular complexity index is 351. The molecule has 16 heavy (non-hydrogen) atoms. The fourth-order valence-corrected chi connectivity index (χ4v) is 2.01. The van der Waals surface area contributed by atoms with Gasteiger partial charge in [0, 0.05) is 19.4 Å². The lowest BCUT2D eigenvalue weighted by atomic mass is 10.1. The van der Waals surface area contributed by atoms with Crippen LogP contribution in [0.1, 0.15) is 38.0 Å². The number of hydrogen-bond donors (Lipinski definition) is 1. The number of hydrogen-bond acceptors (Lipinski definition) is 4. The Labute approximate surface area is 95.4 Å². The highest BCUT2D eigenvalue weighted by molar-refractivity contribution is 4.96. The molecule has 1 aliphatic rings. The second-order valence-corrected chi connectivity index (χ2v) is 4.09. The summed E-state index contributed by atoms with van der Waals surface area (Å²) in [4.78, 5) is 4.44. The maximum atomic E-state index is 9.96. The van der Waals surface area contributed by atoms with Gasteiger partial charge >= 0.3 is 0 Å². The van der Waals surface area contributed by atoms with E-state index in [-0.39, 0.29) is 12.1 Å². The molecule has 5 nitrogen and oxygen atoms in total. The summed E-state index contributed by atoms with van der Waals surface area (Å²) < 4.78 is 7.25. The van der Waals surface area contributed by atoms with Gasteiger partial charge in [-0.05, 0) is 6.42 Å². The van der Waals surface area contributed by atoms with Crippen molar-refractivity contribution in [2.75, 3.05) is 13.2 Å². The van der Waals surface area contributed by atoms with Crippen LogP contribution in [0.15, 0.2) is 0 Å². The third kappa shape index (κ3) is 2.10. The molecule has 0 bridgehead atoms. The summed E-state index contributed by atoms with van der Waals surface area (Å²) in [5.41, 5.74) is 0. The fourth-order valence-electron chi connectivity index (χ4n) is 2.01. The SMILES string of the molecule is CCc1nc(CC)n(C2COCCC2O)n1. The molecule has 2 atom stereocenters. The van der Waals surface area contributed by atoms with Crippen LogP contribution in [0.2, 0.25) is 0 Å². The number of aryl methyl sites for hydroxylation is 2. The van der Waals surface area contributed by atoms with Crippen molar-refractivity contribution in [3.05, 3.63) is 11.6 Å². The number of ether oxygens (including phenoxy) is 1. The second-order valence-electron chi connectivity index (χ2n) is 4.09. The number of aromatic nitrogens is 3. The number of rotatable bonds is 3. The molecule has 0 amide bonds. The van der Waals surface area contributed by atoms with Crippen LogP contribution >= 0.6 is 0 Å². The zero-order valence-corrected chi connectivity index (χ0v) is 9.89. The maximum Gasteiger partial charge on any atom is 0.150 e. The summed E-state index contributed by atoms with van der Waals surface area (Å²) in [5, 5.41) is 14.4. The van der Waals surface area contributed by atoms with E-state index >= 15 is 0 Å². The first-order valence-corrected chi connectivity index (χ1v) is 5.96. The van der Waals surface area contributed by atoms with Crippen molar-refractivity contribution in [3.8, 4) is 0 Å². The van der Waals surface area contributed by atoms with E-state index in [1.807, 2.05) is 11.6 Å². The minimum absolute atomic E-state index is 0.0727. The van der Waals surface area contributed by atoms with Crippen LogP contribution in [-0.2, 0) is 17.6 Å². The lowest BCUT2D eigenvalue weighted by molar-refractivity contribution is -0.0340. The molecule has 1 fully saturated rings. The van der Waals surface area contributed by atoms with Crippen LogP contribution in [0, 0.1) is 0 Å². The Hall–Kier alpha value is -0.940. The van der Waals surface area contributed by atoms with E-state index in [0.717, 1.165) is 24.5 Å². The molecule has 0 saturated carbocycles. The van der Waals surface area contributed by atoms with Gasteiger partial charge in [0.15, 0.2) is 5.82 Å². The zero-order chi connectivity index (χ0) is 11.5. The highest BCUT2D eigenvalue weighted by Crippen LogP contribution is 2.21. The van der Waals surface area contributed by atoms with Gasteiger partial charge < -0.3 is 9.84 Å². The van der Waals surface area contributed by atoms with Crippen molar-refractivity contribution in [1.82, 2.24) is 14.8 Å². The molecule has 0 aliphatic carbocycles. The van der Waals surface area contributed by atoms with E-state index in [1.165, 1.54) is 0 Å². The minimum atomic E-state index is -0.370. The normalized spacial score (nSPS) is 25.9. The summed E-state index contributed by atoms with van der Waals surface area (Å²) in [6, 6.07) is -0.0727. The standard InChI is InChI=1S/C11H19N3O2/c1-3-10-12-11(4-2)14(13-10)8-7-16-6-5-9(8)15/h8-9,15H,3-7H2,1-2H3. The molecule has 1 aliphatic heterocycles. The average Bonchev–Trinajstić information content (AvgIpc) is 2.72. The molecular formula is C11H19N3O2. The zero-order valence-electron chi connectivity index (χ0n) is 9.89. The van der Waals surface area contributed by atoms with E-state index in [0.29, 0.717) is 19.6 Å². The predicted molar refractivity (Wildman–Crippen MR) is 59.3 cm³/mol. The van der Waals surface area contributed by atoms with E-state index in [4.69, 9.17) is 4.74 Å². The lowest BCUT2D eigenvalue weighted by Gasteiger charge is -2.28. The Morgan fingerprint density at radius 3 is 2.88 bits per heavy atom. The van der Waals surface area contributed by atoms with E-state index in [2.05, 4.69) is 17.0 Å². The van der Waals surface area contributed by atoms with E-state index in [9.17, 15) is 5.11 Å². The molecule has 90 valence electrons. The summed E-state index contributed by atoms with van der Waals surface area (Å²) in [6.45, 7) is 5.25. The molecule has 1 saturated heterocycles. The van der Waals surface area contributed by atoms with Gasteiger partial charge in [0.25, 0.3) is 0 Å². The molecule has 1 aromatic rings. The van der Waals surface area contributed by atoms with Crippen LogP contribution in [0.4, 0.5) is 0 Å². The quantitative estimate of drug-likeness (QED) is 0.823. The molecule has 1 N–H and O–H groups in total. The highest BCUT2D eigenvalue weighted by Gasteiger charge is 2.28. The lowest BCUT2D eigenvalue weighted by Crippen LogP contribution is -2.35. The molecular weight excluding hydrogens is 206 g/mol.